The van der Waals surface area contributed by atoms with Gasteiger partial charge in [0.15, 0.2) is 28.1 Å². The number of carbonyl (C=O) groups is 2. The Kier molecular flexibility index (Phi) is 7.17. The lowest BCUT2D eigenvalue weighted by molar-refractivity contribution is -0.287. The van der Waals surface area contributed by atoms with Gasteiger partial charge in [0.25, 0.3) is 11.8 Å². The molecule has 6 aliphatic heterocycles. The van der Waals surface area contributed by atoms with E-state index in [1.54, 1.807) is 12.1 Å². The number of halogens is 4. The number of alkyl halides is 4. The van der Waals surface area contributed by atoms with Gasteiger partial charge in [-0.1, -0.05) is 11.3 Å². The molecule has 2 bridgehead atoms. The summed E-state index contributed by atoms with van der Waals surface area (Å²) in [6, 6.07) is 9.91. The van der Waals surface area contributed by atoms with E-state index >= 15 is 0 Å². The van der Waals surface area contributed by atoms with E-state index in [9.17, 15) is 27.2 Å². The zero-order chi connectivity index (χ0) is 35.2. The number of hydrogen-bond donors (Lipinski definition) is 2. The zero-order valence-electron chi connectivity index (χ0n) is 26.5. The fourth-order valence-electron chi connectivity index (χ4n) is 7.22. The van der Waals surface area contributed by atoms with Crippen molar-refractivity contribution in [3.8, 4) is 28.7 Å². The highest BCUT2D eigenvalue weighted by atomic mass is 32.1. The maximum atomic E-state index is 14.1. The van der Waals surface area contributed by atoms with Crippen molar-refractivity contribution in [2.75, 3.05) is 48.9 Å². The first-order chi connectivity index (χ1) is 24.4. The number of carbonyl (C=O) groups excluding carboxylic acids is 2. The highest BCUT2D eigenvalue weighted by molar-refractivity contribution is 7.22. The number of nitrogens with one attached hydrogen (secondary N) is 2. The minimum atomic E-state index is -4.02. The Morgan fingerprint density at radius 1 is 0.882 bits per heavy atom. The van der Waals surface area contributed by atoms with E-state index in [-0.39, 0.29) is 51.8 Å². The molecule has 13 nitrogen and oxygen atoms in total. The van der Waals surface area contributed by atoms with Crippen LogP contribution in [0.4, 0.5) is 34.1 Å². The number of amides is 2. The maximum Gasteiger partial charge on any atom is 0.586 e. The van der Waals surface area contributed by atoms with Crippen LogP contribution in [0.15, 0.2) is 42.5 Å². The standard InChI is InChI=1S/C33H27F4N5O8S/c1-45-23-5-3-20-28(51-31(40-20)42-17-9-18(42)13-41(12-17)16-6-7-46-14-16)27(23)30(44)39-21-11-26-25(49-33(36,37)50-26)10-19(21)29(43)38-15-2-4-22-24(8-15)48-32(34,35)47-22/h2-5,8,10-11,16-18H,6-7,9,12-14H2,1H3,(H,38,43)(H,39,44). The third kappa shape index (κ3) is 5.57. The fraction of sp³-hybridized carbons (Fsp3) is 0.364. The first-order valence-corrected chi connectivity index (χ1v) is 16.8. The molecule has 6 aliphatic rings. The molecule has 4 aromatic rings. The Balaban J connectivity index is 1.01. The fourth-order valence-corrected chi connectivity index (χ4v) is 8.46. The van der Waals surface area contributed by atoms with Crippen molar-refractivity contribution in [2.24, 2.45) is 0 Å². The normalized spacial score (nSPS) is 23.6. The molecule has 0 spiro atoms. The van der Waals surface area contributed by atoms with Gasteiger partial charge >= 0.3 is 12.6 Å². The summed E-state index contributed by atoms with van der Waals surface area (Å²) in [5.74, 6) is -2.85. The monoisotopic (exact) mass is 729 g/mol. The van der Waals surface area contributed by atoms with Gasteiger partial charge in [-0.15, -0.1) is 17.6 Å². The van der Waals surface area contributed by atoms with Gasteiger partial charge in [0.1, 0.15) is 11.3 Å². The van der Waals surface area contributed by atoms with Crippen molar-refractivity contribution < 1.29 is 55.6 Å². The average molecular weight is 730 g/mol. The zero-order valence-corrected chi connectivity index (χ0v) is 27.4. The smallest absolute Gasteiger partial charge is 0.496 e. The Morgan fingerprint density at radius 3 is 2.29 bits per heavy atom. The second-order valence-corrected chi connectivity index (χ2v) is 13.6. The van der Waals surface area contributed by atoms with E-state index < -0.39 is 35.9 Å². The van der Waals surface area contributed by atoms with Crippen LogP contribution in [0.25, 0.3) is 10.2 Å². The van der Waals surface area contributed by atoms with E-state index in [0.29, 0.717) is 16.3 Å². The van der Waals surface area contributed by atoms with Gasteiger partial charge in [0, 0.05) is 55.6 Å². The molecule has 2 amide bonds. The van der Waals surface area contributed by atoms with Crippen LogP contribution in [0.1, 0.15) is 33.6 Å². The van der Waals surface area contributed by atoms with Crippen LogP contribution >= 0.6 is 11.3 Å². The second kappa shape index (κ2) is 11.5. The van der Waals surface area contributed by atoms with Crippen molar-refractivity contribution in [1.29, 1.82) is 0 Å². The van der Waals surface area contributed by atoms with Gasteiger partial charge in [-0.2, -0.15) is 0 Å². The number of piperazine rings is 1. The van der Waals surface area contributed by atoms with Crippen molar-refractivity contribution >= 4 is 49.9 Å². The van der Waals surface area contributed by atoms with Gasteiger partial charge in [0.05, 0.1) is 35.2 Å². The van der Waals surface area contributed by atoms with Crippen LogP contribution in [-0.2, 0) is 4.74 Å². The first kappa shape index (κ1) is 31.9. The predicted octanol–water partition coefficient (Wildman–Crippen LogP) is 5.50. The van der Waals surface area contributed by atoms with Crippen molar-refractivity contribution in [3.63, 3.8) is 0 Å². The van der Waals surface area contributed by atoms with Crippen LogP contribution in [-0.4, -0.2) is 85.8 Å². The van der Waals surface area contributed by atoms with Gasteiger partial charge in [-0.25, -0.2) is 4.98 Å². The number of aromatic nitrogens is 1. The number of ether oxygens (including phenoxy) is 6. The number of thiazole rings is 1. The third-order valence-electron chi connectivity index (χ3n) is 9.51. The van der Waals surface area contributed by atoms with Gasteiger partial charge in [0.2, 0.25) is 0 Å². The highest BCUT2D eigenvalue weighted by Crippen LogP contribution is 2.47. The molecule has 18 heteroatoms. The molecular formula is C33H27F4N5O8S. The van der Waals surface area contributed by atoms with Crippen LogP contribution in [0.2, 0.25) is 0 Å². The van der Waals surface area contributed by atoms with Crippen molar-refractivity contribution in [2.45, 2.75) is 43.6 Å². The number of hydrogen-bond acceptors (Lipinski definition) is 12. The second-order valence-electron chi connectivity index (χ2n) is 12.7. The van der Waals surface area contributed by atoms with Crippen molar-refractivity contribution in [1.82, 2.24) is 9.88 Å². The molecule has 10 rings (SSSR count). The number of anilines is 3. The Hall–Kier alpha value is -5.07. The van der Waals surface area contributed by atoms with Crippen molar-refractivity contribution in [3.05, 3.63) is 53.6 Å². The number of rotatable bonds is 7. The first-order valence-electron chi connectivity index (χ1n) is 16.0. The van der Waals surface area contributed by atoms with Gasteiger partial charge < -0.3 is 44.0 Å². The van der Waals surface area contributed by atoms with Crippen LogP contribution in [0, 0.1) is 0 Å². The Morgan fingerprint density at radius 2 is 1.59 bits per heavy atom. The summed E-state index contributed by atoms with van der Waals surface area (Å²) in [5, 5.41) is 5.92. The van der Waals surface area contributed by atoms with Crippen LogP contribution in [0.3, 0.4) is 0 Å². The molecule has 0 aliphatic carbocycles. The Labute approximate surface area is 289 Å². The predicted molar refractivity (Wildman–Crippen MR) is 173 cm³/mol. The number of fused-ring (bicyclic) bond motifs is 5. The molecule has 51 heavy (non-hydrogen) atoms. The minimum Gasteiger partial charge on any atom is -0.496 e. The minimum absolute atomic E-state index is 0.0133. The lowest BCUT2D eigenvalue weighted by atomic mass is 9.87. The van der Waals surface area contributed by atoms with E-state index in [1.165, 1.54) is 30.6 Å². The van der Waals surface area contributed by atoms with E-state index in [2.05, 4.69) is 39.4 Å². The largest absolute Gasteiger partial charge is 0.586 e. The molecule has 4 fully saturated rings. The van der Waals surface area contributed by atoms with Gasteiger partial charge in [-0.05, 0) is 43.2 Å². The molecular weight excluding hydrogens is 702 g/mol. The molecule has 266 valence electrons. The summed E-state index contributed by atoms with van der Waals surface area (Å²) in [4.78, 5) is 37.3. The topological polar surface area (TPSA) is 133 Å². The summed E-state index contributed by atoms with van der Waals surface area (Å²) in [5.41, 5.74) is 0.193. The SMILES string of the molecule is COc1ccc2nc(N3C4CC3CN(C3CCOC3)C4)sc2c1C(=O)Nc1cc2c(cc1C(=O)Nc1ccc3c(c1)OC(F)(F)O3)OC(F)(F)O2. The summed E-state index contributed by atoms with van der Waals surface area (Å²) in [6.07, 6.45) is -5.84. The van der Waals surface area contributed by atoms with E-state index in [4.69, 9.17) is 14.5 Å². The summed E-state index contributed by atoms with van der Waals surface area (Å²) < 4.78 is 84.9. The summed E-state index contributed by atoms with van der Waals surface area (Å²) in [7, 11) is 1.41. The van der Waals surface area contributed by atoms with Crippen LogP contribution in [0.5, 0.6) is 28.7 Å². The molecule has 7 heterocycles. The molecule has 3 atom stereocenters. The highest BCUT2D eigenvalue weighted by Gasteiger charge is 2.48. The van der Waals surface area contributed by atoms with Crippen LogP contribution < -0.4 is 39.2 Å². The van der Waals surface area contributed by atoms with E-state index in [1.807, 2.05) is 0 Å². The molecule has 2 N–H and O–H groups in total. The molecule has 0 saturated carbocycles. The molecule has 3 unspecified atom stereocenters. The molecule has 4 saturated heterocycles. The molecule has 1 aromatic heterocycles. The van der Waals surface area contributed by atoms with E-state index in [0.717, 1.165) is 62.5 Å². The third-order valence-corrected chi connectivity index (χ3v) is 10.6. The number of methoxy groups -OCH3 is 1. The molecule has 0 radical (unpaired) electrons. The quantitative estimate of drug-likeness (QED) is 0.234. The maximum absolute atomic E-state index is 14.1. The summed E-state index contributed by atoms with van der Waals surface area (Å²) in [6.45, 7) is 3.31. The molecule has 3 aromatic carbocycles. The number of nitrogens with zero attached hydrogens (tertiary/aromatic N) is 3. The lowest BCUT2D eigenvalue weighted by Gasteiger charge is -2.57. The summed E-state index contributed by atoms with van der Waals surface area (Å²) >= 11 is 1.34. The average Bonchev–Trinajstić information content (AvgIpc) is 3.87. The Bertz CT molecular complexity index is 2100. The van der Waals surface area contributed by atoms with Gasteiger partial charge in [-0.3, -0.25) is 14.5 Å². The number of piperidine rings is 1. The lowest BCUT2D eigenvalue weighted by Crippen LogP contribution is -2.70. The number of benzene rings is 3.